The molecular weight excluding hydrogens is 289 g/mol. The maximum Gasteiger partial charge on any atom is 0.275 e. The van der Waals surface area contributed by atoms with E-state index < -0.39 is 11.7 Å². The molecular formula is C11H7BrFN3O. The number of halogens is 2. The van der Waals surface area contributed by atoms with Crippen molar-refractivity contribution in [2.24, 2.45) is 0 Å². The second kappa shape index (κ2) is 5.01. The summed E-state index contributed by atoms with van der Waals surface area (Å²) in [6, 6.07) is 5.88. The van der Waals surface area contributed by atoms with Crippen LogP contribution in [0.1, 0.15) is 10.5 Å². The molecule has 2 heterocycles. The van der Waals surface area contributed by atoms with Crippen LogP contribution in [0.5, 0.6) is 0 Å². The molecule has 2 rings (SSSR count). The summed E-state index contributed by atoms with van der Waals surface area (Å²) in [7, 11) is 0. The lowest BCUT2D eigenvalue weighted by Crippen LogP contribution is -2.14. The lowest BCUT2D eigenvalue weighted by atomic mass is 10.3. The van der Waals surface area contributed by atoms with Crippen LogP contribution in [-0.2, 0) is 0 Å². The first-order chi connectivity index (χ1) is 8.15. The SMILES string of the molecule is O=C(Nc1cc(Br)ccn1)c1ccc(F)cn1. The van der Waals surface area contributed by atoms with E-state index in [2.05, 4.69) is 31.2 Å². The fraction of sp³-hybridized carbons (Fsp3) is 0. The molecule has 0 saturated heterocycles. The minimum Gasteiger partial charge on any atom is -0.305 e. The fourth-order valence-corrected chi connectivity index (χ4v) is 1.50. The largest absolute Gasteiger partial charge is 0.305 e. The molecule has 17 heavy (non-hydrogen) atoms. The summed E-state index contributed by atoms with van der Waals surface area (Å²) >= 11 is 3.26. The highest BCUT2D eigenvalue weighted by atomic mass is 79.9. The monoisotopic (exact) mass is 295 g/mol. The van der Waals surface area contributed by atoms with Crippen molar-refractivity contribution in [3.05, 3.63) is 52.6 Å². The van der Waals surface area contributed by atoms with E-state index in [1.165, 1.54) is 12.1 Å². The second-order valence-corrected chi connectivity index (χ2v) is 4.09. The lowest BCUT2D eigenvalue weighted by Gasteiger charge is -2.03. The van der Waals surface area contributed by atoms with Crippen LogP contribution in [0.15, 0.2) is 41.1 Å². The van der Waals surface area contributed by atoms with E-state index >= 15 is 0 Å². The van der Waals surface area contributed by atoms with Crippen LogP contribution in [0.2, 0.25) is 0 Å². The number of anilines is 1. The second-order valence-electron chi connectivity index (χ2n) is 3.18. The van der Waals surface area contributed by atoms with E-state index in [1.54, 1.807) is 18.3 Å². The zero-order valence-corrected chi connectivity index (χ0v) is 10.1. The Morgan fingerprint density at radius 2 is 2.12 bits per heavy atom. The number of hydrogen-bond acceptors (Lipinski definition) is 3. The van der Waals surface area contributed by atoms with Crippen LogP contribution >= 0.6 is 15.9 Å². The van der Waals surface area contributed by atoms with E-state index in [9.17, 15) is 9.18 Å². The van der Waals surface area contributed by atoms with Gasteiger partial charge in [0.25, 0.3) is 5.91 Å². The van der Waals surface area contributed by atoms with Gasteiger partial charge in [-0.15, -0.1) is 0 Å². The first-order valence-electron chi connectivity index (χ1n) is 4.69. The third-order valence-corrected chi connectivity index (χ3v) is 2.42. The van der Waals surface area contributed by atoms with E-state index in [4.69, 9.17) is 0 Å². The molecule has 0 bridgehead atoms. The summed E-state index contributed by atoms with van der Waals surface area (Å²) in [6.45, 7) is 0. The maximum atomic E-state index is 12.6. The van der Waals surface area contributed by atoms with E-state index in [1.807, 2.05) is 0 Å². The van der Waals surface area contributed by atoms with Crippen LogP contribution < -0.4 is 5.32 Å². The van der Waals surface area contributed by atoms with Gasteiger partial charge in [0.05, 0.1) is 6.20 Å². The van der Waals surface area contributed by atoms with E-state index in [0.29, 0.717) is 5.82 Å². The van der Waals surface area contributed by atoms with E-state index in [0.717, 1.165) is 10.7 Å². The number of aromatic nitrogens is 2. The highest BCUT2D eigenvalue weighted by molar-refractivity contribution is 9.10. The van der Waals surface area contributed by atoms with Crippen molar-refractivity contribution in [3.8, 4) is 0 Å². The summed E-state index contributed by atoms with van der Waals surface area (Å²) in [6.07, 6.45) is 2.54. The molecule has 0 unspecified atom stereocenters. The topological polar surface area (TPSA) is 54.9 Å². The van der Waals surface area contributed by atoms with Gasteiger partial charge in [0.2, 0.25) is 0 Å². The van der Waals surface area contributed by atoms with Gasteiger partial charge in [0.1, 0.15) is 17.3 Å². The molecule has 2 aromatic rings. The zero-order valence-electron chi connectivity index (χ0n) is 8.52. The predicted molar refractivity (Wildman–Crippen MR) is 64.1 cm³/mol. The molecule has 0 aliphatic rings. The molecule has 0 spiro atoms. The number of carbonyl (C=O) groups excluding carboxylic acids is 1. The molecule has 0 fully saturated rings. The first kappa shape index (κ1) is 11.7. The summed E-state index contributed by atoms with van der Waals surface area (Å²) in [4.78, 5) is 19.3. The van der Waals surface area contributed by atoms with Gasteiger partial charge in [0.15, 0.2) is 0 Å². The van der Waals surface area contributed by atoms with Gasteiger partial charge < -0.3 is 5.32 Å². The van der Waals surface area contributed by atoms with Gasteiger partial charge >= 0.3 is 0 Å². The van der Waals surface area contributed by atoms with Crippen molar-refractivity contribution >= 4 is 27.7 Å². The Morgan fingerprint density at radius 1 is 1.29 bits per heavy atom. The van der Waals surface area contributed by atoms with Crippen molar-refractivity contribution in [3.63, 3.8) is 0 Å². The van der Waals surface area contributed by atoms with Crippen molar-refractivity contribution in [2.75, 3.05) is 5.32 Å². The number of nitrogens with one attached hydrogen (secondary N) is 1. The van der Waals surface area contributed by atoms with Gasteiger partial charge in [-0.05, 0) is 24.3 Å². The Morgan fingerprint density at radius 3 is 2.76 bits per heavy atom. The molecule has 0 aromatic carbocycles. The highest BCUT2D eigenvalue weighted by Gasteiger charge is 2.08. The molecule has 0 aliphatic heterocycles. The van der Waals surface area contributed by atoms with Crippen molar-refractivity contribution < 1.29 is 9.18 Å². The molecule has 1 amide bonds. The molecule has 1 N–H and O–H groups in total. The van der Waals surface area contributed by atoms with Crippen LogP contribution in [0, 0.1) is 5.82 Å². The van der Waals surface area contributed by atoms with Crippen molar-refractivity contribution in [1.82, 2.24) is 9.97 Å². The average molecular weight is 296 g/mol. The van der Waals surface area contributed by atoms with Crippen LogP contribution in [0.4, 0.5) is 10.2 Å². The summed E-state index contributed by atoms with van der Waals surface area (Å²) < 4.78 is 13.4. The van der Waals surface area contributed by atoms with Crippen LogP contribution in [0.3, 0.4) is 0 Å². The van der Waals surface area contributed by atoms with Crippen LogP contribution in [-0.4, -0.2) is 15.9 Å². The summed E-state index contributed by atoms with van der Waals surface area (Å²) in [5, 5.41) is 2.55. The maximum absolute atomic E-state index is 12.6. The van der Waals surface area contributed by atoms with E-state index in [-0.39, 0.29) is 5.69 Å². The Bertz CT molecular complexity index is 545. The van der Waals surface area contributed by atoms with Crippen LogP contribution in [0.25, 0.3) is 0 Å². The lowest BCUT2D eigenvalue weighted by molar-refractivity contribution is 0.102. The predicted octanol–water partition coefficient (Wildman–Crippen LogP) is 2.63. The molecule has 86 valence electrons. The number of hydrogen-bond donors (Lipinski definition) is 1. The Labute approximate surface area is 105 Å². The molecule has 0 radical (unpaired) electrons. The third kappa shape index (κ3) is 3.07. The molecule has 0 aliphatic carbocycles. The van der Waals surface area contributed by atoms with Gasteiger partial charge in [-0.1, -0.05) is 15.9 Å². The Balaban J connectivity index is 2.14. The normalized spacial score (nSPS) is 10.0. The summed E-state index contributed by atoms with van der Waals surface area (Å²) in [5.41, 5.74) is 0.133. The van der Waals surface area contributed by atoms with Crippen molar-refractivity contribution in [1.29, 1.82) is 0 Å². The number of carbonyl (C=O) groups is 1. The van der Waals surface area contributed by atoms with Gasteiger partial charge in [0, 0.05) is 10.7 Å². The van der Waals surface area contributed by atoms with Gasteiger partial charge in [-0.3, -0.25) is 4.79 Å². The number of pyridine rings is 2. The number of nitrogens with zero attached hydrogens (tertiary/aromatic N) is 2. The zero-order chi connectivity index (χ0) is 12.3. The Kier molecular flexibility index (Phi) is 3.43. The Hall–Kier alpha value is -1.82. The minimum atomic E-state index is -0.484. The molecule has 0 saturated carbocycles. The average Bonchev–Trinajstić information content (AvgIpc) is 2.29. The quantitative estimate of drug-likeness (QED) is 0.927. The molecule has 0 atom stereocenters. The summed E-state index contributed by atoms with van der Waals surface area (Å²) in [5.74, 6) is -0.520. The fourth-order valence-electron chi connectivity index (χ4n) is 1.16. The van der Waals surface area contributed by atoms with Gasteiger partial charge in [-0.25, -0.2) is 14.4 Å². The van der Waals surface area contributed by atoms with Crippen molar-refractivity contribution in [2.45, 2.75) is 0 Å². The number of amides is 1. The first-order valence-corrected chi connectivity index (χ1v) is 5.49. The standard InChI is InChI=1S/C11H7BrFN3O/c12-7-3-4-14-10(5-7)16-11(17)9-2-1-8(13)6-15-9/h1-6H,(H,14,16,17). The molecule has 2 aromatic heterocycles. The number of rotatable bonds is 2. The minimum absolute atomic E-state index is 0.133. The third-order valence-electron chi connectivity index (χ3n) is 1.92. The highest BCUT2D eigenvalue weighted by Crippen LogP contribution is 2.13. The molecule has 4 nitrogen and oxygen atoms in total. The molecule has 6 heteroatoms. The smallest absolute Gasteiger partial charge is 0.275 e. The van der Waals surface area contributed by atoms with Gasteiger partial charge in [-0.2, -0.15) is 0 Å².